The molecule has 0 fully saturated rings. The number of hydrogen-bond donors (Lipinski definition) is 2. The molecule has 0 unspecified atom stereocenters. The van der Waals surface area contributed by atoms with Crippen LogP contribution in [0.5, 0.6) is 0 Å². The molecule has 0 saturated heterocycles. The van der Waals surface area contributed by atoms with Gasteiger partial charge in [-0.3, -0.25) is 0 Å². The summed E-state index contributed by atoms with van der Waals surface area (Å²) in [4.78, 5) is 9.68. The van der Waals surface area contributed by atoms with E-state index >= 15 is 0 Å². The number of nitrogens with one attached hydrogen (secondary N) is 1. The first-order valence-electron chi connectivity index (χ1n) is 5.50. The molecule has 0 heterocycles. The van der Waals surface area contributed by atoms with Crippen LogP contribution in [0.4, 0.5) is 14.5 Å². The van der Waals surface area contributed by atoms with Crippen molar-refractivity contribution in [2.75, 3.05) is 25.1 Å². The number of benzene rings is 1. The number of aliphatic carboxylic acids is 1. The summed E-state index contributed by atoms with van der Waals surface area (Å²) in [6, 6.07) is 5.24. The lowest BCUT2D eigenvalue weighted by atomic mass is 10.3. The minimum Gasteiger partial charge on any atom is -0.480 e. The number of carboxylic acid groups (broad SMARTS) is 1. The molecule has 0 radical (unpaired) electrons. The predicted molar refractivity (Wildman–Crippen MR) is 66.6 cm³/mol. The zero-order valence-electron chi connectivity index (χ0n) is 10.3. The first-order valence-corrected chi connectivity index (χ1v) is 7.05. The molecule has 112 valence electrons. The lowest BCUT2D eigenvalue weighted by molar-refractivity contribution is -0.142. The molecule has 0 amide bonds. The van der Waals surface area contributed by atoms with Crippen LogP contribution >= 0.6 is 0 Å². The number of rotatable bonds is 8. The highest BCUT2D eigenvalue weighted by Gasteiger charge is 2.28. The molecular formula is C11H13F2NO5S. The Hall–Kier alpha value is -1.74. The van der Waals surface area contributed by atoms with Crippen molar-refractivity contribution in [1.82, 2.24) is 0 Å². The maximum atomic E-state index is 12.5. The van der Waals surface area contributed by atoms with Crippen LogP contribution in [0.1, 0.15) is 0 Å². The molecule has 0 spiro atoms. The van der Waals surface area contributed by atoms with Gasteiger partial charge in [-0.05, 0) is 12.1 Å². The third-order valence-corrected chi connectivity index (χ3v) is 3.65. The standard InChI is InChI=1S/C11H13F2NO5S/c12-11(13)20(17,18)9-4-2-1-3-8(9)14-5-6-19-7-10(15)16/h1-4,11,14H,5-7H2,(H,15,16). The zero-order chi connectivity index (χ0) is 15.2. The van der Waals surface area contributed by atoms with Gasteiger partial charge in [0.25, 0.3) is 0 Å². The van der Waals surface area contributed by atoms with E-state index in [4.69, 9.17) is 9.84 Å². The minimum absolute atomic E-state index is 0.00460. The van der Waals surface area contributed by atoms with Gasteiger partial charge >= 0.3 is 11.7 Å². The molecule has 9 heteroatoms. The number of sulfone groups is 1. The lowest BCUT2D eigenvalue weighted by Gasteiger charge is -2.11. The van der Waals surface area contributed by atoms with Gasteiger partial charge in [0.1, 0.15) is 6.61 Å². The van der Waals surface area contributed by atoms with Crippen LogP contribution in [-0.2, 0) is 19.4 Å². The molecule has 0 aliphatic heterocycles. The maximum absolute atomic E-state index is 12.5. The Balaban J connectivity index is 2.70. The van der Waals surface area contributed by atoms with E-state index in [1.807, 2.05) is 0 Å². The summed E-state index contributed by atoms with van der Waals surface area (Å²) in [5.41, 5.74) is 0.0201. The Morgan fingerprint density at radius 1 is 1.35 bits per heavy atom. The number of para-hydroxylation sites is 1. The van der Waals surface area contributed by atoms with E-state index in [-0.39, 0.29) is 18.8 Å². The normalized spacial score (nSPS) is 11.6. The van der Waals surface area contributed by atoms with Crippen LogP contribution in [0.3, 0.4) is 0 Å². The molecule has 0 atom stereocenters. The molecule has 0 bridgehead atoms. The molecule has 1 aromatic carbocycles. The third kappa shape index (κ3) is 4.42. The van der Waals surface area contributed by atoms with Gasteiger partial charge in [-0.1, -0.05) is 12.1 Å². The van der Waals surface area contributed by atoms with Gasteiger partial charge in [-0.2, -0.15) is 8.78 Å². The van der Waals surface area contributed by atoms with E-state index in [9.17, 15) is 22.0 Å². The molecule has 20 heavy (non-hydrogen) atoms. The Labute approximate surface area is 114 Å². The van der Waals surface area contributed by atoms with Gasteiger partial charge in [0, 0.05) is 6.54 Å². The second-order valence-corrected chi connectivity index (χ2v) is 5.56. The predicted octanol–water partition coefficient (Wildman–Crippen LogP) is 1.20. The Morgan fingerprint density at radius 3 is 2.60 bits per heavy atom. The zero-order valence-corrected chi connectivity index (χ0v) is 11.1. The van der Waals surface area contributed by atoms with E-state index in [0.29, 0.717) is 0 Å². The fourth-order valence-corrected chi connectivity index (χ4v) is 2.28. The summed E-state index contributed by atoms with van der Waals surface area (Å²) in [7, 11) is -4.69. The molecule has 2 N–H and O–H groups in total. The minimum atomic E-state index is -4.69. The monoisotopic (exact) mass is 309 g/mol. The average Bonchev–Trinajstić information content (AvgIpc) is 2.38. The van der Waals surface area contributed by atoms with E-state index in [1.165, 1.54) is 18.2 Å². The number of carboxylic acids is 1. The van der Waals surface area contributed by atoms with Crippen molar-refractivity contribution in [2.45, 2.75) is 10.7 Å². The fraction of sp³-hybridized carbons (Fsp3) is 0.364. The van der Waals surface area contributed by atoms with Gasteiger partial charge in [-0.15, -0.1) is 0 Å². The van der Waals surface area contributed by atoms with E-state index in [0.717, 1.165) is 6.07 Å². The smallest absolute Gasteiger partial charge is 0.341 e. The highest BCUT2D eigenvalue weighted by Crippen LogP contribution is 2.25. The number of carbonyl (C=O) groups is 1. The number of alkyl halides is 2. The van der Waals surface area contributed by atoms with Crippen molar-refractivity contribution in [3.8, 4) is 0 Å². The summed E-state index contributed by atoms with van der Waals surface area (Å²) in [5.74, 6) is -4.64. The second-order valence-electron chi connectivity index (χ2n) is 3.67. The SMILES string of the molecule is O=C(O)COCCNc1ccccc1S(=O)(=O)C(F)F. The second kappa shape index (κ2) is 7.15. The Bertz CT molecular complexity index is 562. The van der Waals surface area contributed by atoms with Gasteiger partial charge in [0.2, 0.25) is 9.84 Å². The van der Waals surface area contributed by atoms with E-state index in [2.05, 4.69) is 5.32 Å². The highest BCUT2D eigenvalue weighted by atomic mass is 32.2. The highest BCUT2D eigenvalue weighted by molar-refractivity contribution is 7.91. The van der Waals surface area contributed by atoms with Crippen LogP contribution < -0.4 is 5.32 Å². The maximum Gasteiger partial charge on any atom is 0.341 e. The largest absolute Gasteiger partial charge is 0.480 e. The molecule has 0 aromatic heterocycles. The fourth-order valence-electron chi connectivity index (χ4n) is 1.37. The quantitative estimate of drug-likeness (QED) is 0.701. The molecule has 0 saturated carbocycles. The van der Waals surface area contributed by atoms with Crippen molar-refractivity contribution < 1.29 is 31.8 Å². The first-order chi connectivity index (χ1) is 9.35. The molecule has 1 aromatic rings. The van der Waals surface area contributed by atoms with Gasteiger partial charge in [0.15, 0.2) is 0 Å². The van der Waals surface area contributed by atoms with Gasteiger partial charge in [0.05, 0.1) is 17.2 Å². The Kier molecular flexibility index (Phi) is 5.83. The number of halogens is 2. The van der Waals surface area contributed by atoms with Crippen molar-refractivity contribution in [2.24, 2.45) is 0 Å². The van der Waals surface area contributed by atoms with Crippen LogP contribution in [0.2, 0.25) is 0 Å². The third-order valence-electron chi connectivity index (χ3n) is 2.22. The van der Waals surface area contributed by atoms with Crippen LogP contribution in [-0.4, -0.2) is 45.0 Å². The molecule has 6 nitrogen and oxygen atoms in total. The topological polar surface area (TPSA) is 92.7 Å². The average molecular weight is 309 g/mol. The lowest BCUT2D eigenvalue weighted by Crippen LogP contribution is -2.17. The van der Waals surface area contributed by atoms with E-state index < -0.39 is 33.1 Å². The molecular weight excluding hydrogens is 296 g/mol. The number of ether oxygens (including phenoxy) is 1. The number of anilines is 1. The van der Waals surface area contributed by atoms with Crippen molar-refractivity contribution in [3.63, 3.8) is 0 Å². The summed E-state index contributed by atoms with van der Waals surface area (Å²) in [6.45, 7) is -0.406. The van der Waals surface area contributed by atoms with Crippen molar-refractivity contribution in [1.29, 1.82) is 0 Å². The summed E-state index contributed by atoms with van der Waals surface area (Å²) >= 11 is 0. The van der Waals surface area contributed by atoms with Crippen molar-refractivity contribution >= 4 is 21.5 Å². The summed E-state index contributed by atoms with van der Waals surface area (Å²) in [6.07, 6.45) is 0. The van der Waals surface area contributed by atoms with Crippen LogP contribution in [0, 0.1) is 0 Å². The summed E-state index contributed by atoms with van der Waals surface area (Å²) in [5, 5.41) is 11.0. The van der Waals surface area contributed by atoms with E-state index in [1.54, 1.807) is 0 Å². The molecule has 1 rings (SSSR count). The Morgan fingerprint density at radius 2 is 2.00 bits per heavy atom. The molecule has 0 aliphatic carbocycles. The van der Waals surface area contributed by atoms with Crippen LogP contribution in [0.25, 0.3) is 0 Å². The van der Waals surface area contributed by atoms with Crippen LogP contribution in [0.15, 0.2) is 29.2 Å². The first kappa shape index (κ1) is 16.3. The van der Waals surface area contributed by atoms with Crippen molar-refractivity contribution in [3.05, 3.63) is 24.3 Å². The van der Waals surface area contributed by atoms with Gasteiger partial charge in [-0.25, -0.2) is 13.2 Å². The molecule has 0 aliphatic rings. The van der Waals surface area contributed by atoms with Gasteiger partial charge < -0.3 is 15.2 Å². The number of hydrogen-bond acceptors (Lipinski definition) is 5. The summed E-state index contributed by atoms with van der Waals surface area (Å²) < 4.78 is 52.6.